The second-order valence-corrected chi connectivity index (χ2v) is 5.45. The lowest BCUT2D eigenvalue weighted by Crippen LogP contribution is -1.99. The summed E-state index contributed by atoms with van der Waals surface area (Å²) in [5.74, 6) is -0.466. The van der Waals surface area contributed by atoms with Crippen LogP contribution in [0.15, 0.2) is 24.3 Å². The van der Waals surface area contributed by atoms with Gasteiger partial charge in [0.15, 0.2) is 0 Å². The minimum absolute atomic E-state index is 0.103. The molecule has 0 aliphatic heterocycles. The second-order valence-electron chi connectivity index (χ2n) is 4.20. The predicted octanol–water partition coefficient (Wildman–Crippen LogP) is 4.04. The molecule has 0 radical (unpaired) electrons. The molecule has 0 bridgehead atoms. The summed E-state index contributed by atoms with van der Waals surface area (Å²) in [5, 5.41) is 0. The number of hydrogen-bond donors (Lipinski definition) is 0. The number of hydrogen-bond acceptors (Lipinski definition) is 2. The molecule has 1 heterocycles. The van der Waals surface area contributed by atoms with Crippen molar-refractivity contribution in [1.82, 2.24) is 0 Å². The zero-order chi connectivity index (χ0) is 12.6. The molecule has 0 saturated carbocycles. The number of aryl methyl sites for hydroxylation is 3. The molecule has 1 aromatic carbocycles. The molecule has 0 aliphatic carbocycles. The molecule has 2 aromatic rings. The molecule has 1 aromatic heterocycles. The van der Waals surface area contributed by atoms with Gasteiger partial charge in [-0.25, -0.2) is 4.39 Å². The van der Waals surface area contributed by atoms with Gasteiger partial charge in [-0.2, -0.15) is 0 Å². The minimum Gasteiger partial charge on any atom is -0.288 e. The Labute approximate surface area is 104 Å². The molecule has 0 fully saturated rings. The van der Waals surface area contributed by atoms with Crippen LogP contribution in [-0.2, 0) is 0 Å². The Bertz CT molecular complexity index is 544. The summed E-state index contributed by atoms with van der Waals surface area (Å²) in [6, 6.07) is 6.29. The third-order valence-corrected chi connectivity index (χ3v) is 3.85. The van der Waals surface area contributed by atoms with Crippen LogP contribution in [0.25, 0.3) is 0 Å². The molecule has 0 N–H and O–H groups in total. The maximum absolute atomic E-state index is 13.2. The van der Waals surface area contributed by atoms with E-state index in [-0.39, 0.29) is 11.6 Å². The van der Waals surface area contributed by atoms with Crippen molar-refractivity contribution in [1.29, 1.82) is 0 Å². The van der Waals surface area contributed by atoms with E-state index in [4.69, 9.17) is 0 Å². The fraction of sp³-hybridized carbons (Fsp3) is 0.214. The fourth-order valence-electron chi connectivity index (χ4n) is 1.69. The van der Waals surface area contributed by atoms with E-state index in [1.807, 2.05) is 19.9 Å². The highest BCUT2D eigenvalue weighted by atomic mass is 32.1. The van der Waals surface area contributed by atoms with Crippen LogP contribution in [0.5, 0.6) is 0 Å². The summed E-state index contributed by atoms with van der Waals surface area (Å²) in [7, 11) is 0. The van der Waals surface area contributed by atoms with Crippen molar-refractivity contribution in [3.63, 3.8) is 0 Å². The summed E-state index contributed by atoms with van der Waals surface area (Å²) in [4.78, 5) is 14.0. The maximum atomic E-state index is 13.2. The molecule has 0 spiro atoms. The van der Waals surface area contributed by atoms with Gasteiger partial charge in [0.1, 0.15) is 5.82 Å². The summed E-state index contributed by atoms with van der Waals surface area (Å²) in [6.07, 6.45) is 0. The molecule has 0 unspecified atom stereocenters. The first-order valence-corrected chi connectivity index (χ1v) is 6.18. The molecule has 0 aliphatic rings. The van der Waals surface area contributed by atoms with E-state index in [1.165, 1.54) is 23.5 Å². The van der Waals surface area contributed by atoms with Crippen LogP contribution >= 0.6 is 11.3 Å². The van der Waals surface area contributed by atoms with Crippen LogP contribution < -0.4 is 0 Å². The molecule has 2 rings (SSSR count). The number of carbonyl (C=O) groups is 1. The van der Waals surface area contributed by atoms with Gasteiger partial charge in [-0.15, -0.1) is 11.3 Å². The Morgan fingerprint density at radius 3 is 2.35 bits per heavy atom. The summed E-state index contributed by atoms with van der Waals surface area (Å²) in [5.41, 5.74) is 2.29. The molecular weight excluding hydrogens is 235 g/mol. The minimum atomic E-state index is -0.363. The molecule has 3 heteroatoms. The Balaban J connectivity index is 2.43. The van der Waals surface area contributed by atoms with Crippen molar-refractivity contribution in [2.24, 2.45) is 0 Å². The van der Waals surface area contributed by atoms with Gasteiger partial charge in [-0.3, -0.25) is 4.79 Å². The monoisotopic (exact) mass is 248 g/mol. The van der Waals surface area contributed by atoms with Crippen LogP contribution in [-0.4, -0.2) is 5.78 Å². The van der Waals surface area contributed by atoms with E-state index in [0.717, 1.165) is 16.0 Å². The predicted molar refractivity (Wildman–Crippen MR) is 68.4 cm³/mol. The number of ketones is 1. The molecular formula is C14H13FOS. The summed E-state index contributed by atoms with van der Waals surface area (Å²) < 4.78 is 13.2. The van der Waals surface area contributed by atoms with Gasteiger partial charge < -0.3 is 0 Å². The van der Waals surface area contributed by atoms with Crippen LogP contribution in [0, 0.1) is 26.6 Å². The lowest BCUT2D eigenvalue weighted by Gasteiger charge is -2.00. The van der Waals surface area contributed by atoms with E-state index in [2.05, 4.69) is 0 Å². The molecule has 88 valence electrons. The van der Waals surface area contributed by atoms with Crippen molar-refractivity contribution in [2.45, 2.75) is 20.8 Å². The highest BCUT2D eigenvalue weighted by molar-refractivity contribution is 7.14. The first-order chi connectivity index (χ1) is 7.97. The van der Waals surface area contributed by atoms with Gasteiger partial charge in [0, 0.05) is 10.4 Å². The normalized spacial score (nSPS) is 10.6. The SMILES string of the molecule is Cc1cc(F)cc(C(=O)c2cc(C)c(C)s2)c1. The molecule has 17 heavy (non-hydrogen) atoms. The van der Waals surface area contributed by atoms with Crippen LogP contribution in [0.1, 0.15) is 31.2 Å². The highest BCUT2D eigenvalue weighted by Gasteiger charge is 2.14. The smallest absolute Gasteiger partial charge is 0.203 e. The molecule has 0 saturated heterocycles. The zero-order valence-electron chi connectivity index (χ0n) is 10.0. The van der Waals surface area contributed by atoms with Crippen LogP contribution in [0.2, 0.25) is 0 Å². The average Bonchev–Trinajstić information content (AvgIpc) is 2.57. The average molecular weight is 248 g/mol. The van der Waals surface area contributed by atoms with E-state index in [9.17, 15) is 9.18 Å². The Morgan fingerprint density at radius 2 is 1.82 bits per heavy atom. The van der Waals surface area contributed by atoms with Gasteiger partial charge in [0.2, 0.25) is 5.78 Å². The van der Waals surface area contributed by atoms with Crippen molar-refractivity contribution in [3.05, 3.63) is 56.5 Å². The van der Waals surface area contributed by atoms with Gasteiger partial charge in [-0.05, 0) is 56.2 Å². The largest absolute Gasteiger partial charge is 0.288 e. The highest BCUT2D eigenvalue weighted by Crippen LogP contribution is 2.24. The maximum Gasteiger partial charge on any atom is 0.203 e. The van der Waals surface area contributed by atoms with Crippen LogP contribution in [0.3, 0.4) is 0 Å². The number of halogens is 1. The van der Waals surface area contributed by atoms with E-state index in [0.29, 0.717) is 10.4 Å². The Morgan fingerprint density at radius 1 is 1.12 bits per heavy atom. The Hall–Kier alpha value is -1.48. The summed E-state index contributed by atoms with van der Waals surface area (Å²) >= 11 is 1.46. The van der Waals surface area contributed by atoms with Crippen molar-refractivity contribution >= 4 is 17.1 Å². The standard InChI is InChI=1S/C14H13FOS/c1-8-4-11(7-12(15)5-8)14(16)13-6-9(2)10(3)17-13/h4-7H,1-3H3. The first-order valence-electron chi connectivity index (χ1n) is 5.36. The third-order valence-electron chi connectivity index (χ3n) is 2.69. The lowest BCUT2D eigenvalue weighted by atomic mass is 10.1. The molecule has 0 amide bonds. The quantitative estimate of drug-likeness (QED) is 0.733. The number of benzene rings is 1. The third kappa shape index (κ3) is 2.44. The number of rotatable bonds is 2. The molecule has 1 nitrogen and oxygen atoms in total. The second kappa shape index (κ2) is 4.41. The Kier molecular flexibility index (Phi) is 3.11. The first kappa shape index (κ1) is 12.0. The van der Waals surface area contributed by atoms with Crippen LogP contribution in [0.4, 0.5) is 4.39 Å². The van der Waals surface area contributed by atoms with Crippen molar-refractivity contribution in [2.75, 3.05) is 0 Å². The van der Waals surface area contributed by atoms with E-state index in [1.54, 1.807) is 13.0 Å². The van der Waals surface area contributed by atoms with E-state index >= 15 is 0 Å². The number of carbonyl (C=O) groups excluding carboxylic acids is 1. The lowest BCUT2D eigenvalue weighted by molar-refractivity contribution is 0.104. The van der Waals surface area contributed by atoms with E-state index < -0.39 is 0 Å². The topological polar surface area (TPSA) is 17.1 Å². The van der Waals surface area contributed by atoms with Gasteiger partial charge in [0.25, 0.3) is 0 Å². The van der Waals surface area contributed by atoms with Gasteiger partial charge in [0.05, 0.1) is 4.88 Å². The van der Waals surface area contributed by atoms with Gasteiger partial charge in [-0.1, -0.05) is 0 Å². The fourth-order valence-corrected chi connectivity index (χ4v) is 2.69. The van der Waals surface area contributed by atoms with Gasteiger partial charge >= 0.3 is 0 Å². The van der Waals surface area contributed by atoms with Crippen molar-refractivity contribution < 1.29 is 9.18 Å². The summed E-state index contributed by atoms with van der Waals surface area (Å²) in [6.45, 7) is 5.73. The molecule has 0 atom stereocenters. The van der Waals surface area contributed by atoms with Crippen molar-refractivity contribution in [3.8, 4) is 0 Å². The zero-order valence-corrected chi connectivity index (χ0v) is 10.8. The number of thiophene rings is 1.